The summed E-state index contributed by atoms with van der Waals surface area (Å²) in [6, 6.07) is 18.1. The molecule has 2 fully saturated rings. The van der Waals surface area contributed by atoms with Crippen LogP contribution in [0.2, 0.25) is 0 Å². The molecule has 8 nitrogen and oxygen atoms in total. The number of hydrogen-bond acceptors (Lipinski definition) is 7. The minimum Gasteiger partial charge on any atom is -0.490 e. The van der Waals surface area contributed by atoms with Crippen molar-refractivity contribution in [2.45, 2.75) is 64.1 Å². The van der Waals surface area contributed by atoms with E-state index in [1.54, 1.807) is 6.20 Å². The molecule has 4 heterocycles. The van der Waals surface area contributed by atoms with Gasteiger partial charge in [0, 0.05) is 54.8 Å². The van der Waals surface area contributed by atoms with E-state index in [1.165, 1.54) is 0 Å². The van der Waals surface area contributed by atoms with Crippen molar-refractivity contribution in [2.75, 3.05) is 26.7 Å². The van der Waals surface area contributed by atoms with Crippen LogP contribution in [0.4, 0.5) is 0 Å². The number of rotatable bonds is 8. The second-order valence-corrected chi connectivity index (χ2v) is 11.1. The molecule has 8 heteroatoms. The van der Waals surface area contributed by atoms with Crippen molar-refractivity contribution in [3.63, 3.8) is 0 Å². The first-order valence-electron chi connectivity index (χ1n) is 14.9. The van der Waals surface area contributed by atoms with Crippen LogP contribution in [0.25, 0.3) is 11.3 Å². The Bertz CT molecular complexity index is 1480. The Morgan fingerprint density at radius 2 is 1.71 bits per heavy atom. The average molecular weight is 567 g/mol. The van der Waals surface area contributed by atoms with Gasteiger partial charge >= 0.3 is 0 Å². The predicted molar refractivity (Wildman–Crippen MR) is 160 cm³/mol. The van der Waals surface area contributed by atoms with E-state index in [-0.39, 0.29) is 12.4 Å². The van der Waals surface area contributed by atoms with Crippen molar-refractivity contribution >= 4 is 0 Å². The van der Waals surface area contributed by atoms with E-state index < -0.39 is 0 Å². The fraction of sp³-hybridized carbons (Fsp3) is 0.412. The molecule has 42 heavy (non-hydrogen) atoms. The molecule has 0 radical (unpaired) electrons. The van der Waals surface area contributed by atoms with Crippen molar-refractivity contribution < 1.29 is 18.7 Å². The fourth-order valence-corrected chi connectivity index (χ4v) is 5.39. The lowest BCUT2D eigenvalue weighted by molar-refractivity contribution is -0.188. The van der Waals surface area contributed by atoms with E-state index in [0.29, 0.717) is 18.4 Å². The van der Waals surface area contributed by atoms with Gasteiger partial charge in [-0.3, -0.25) is 0 Å². The number of ether oxygens (including phenoxy) is 3. The van der Waals surface area contributed by atoms with Gasteiger partial charge in [-0.1, -0.05) is 17.0 Å². The normalized spacial score (nSPS) is 18.8. The topological polar surface area (TPSA) is 74.8 Å². The molecule has 2 aromatic carbocycles. The van der Waals surface area contributed by atoms with Crippen LogP contribution in [0.15, 0.2) is 71.5 Å². The van der Waals surface area contributed by atoms with Gasteiger partial charge in [0.1, 0.15) is 29.5 Å². The van der Waals surface area contributed by atoms with Crippen LogP contribution in [0.5, 0.6) is 5.75 Å². The van der Waals surface area contributed by atoms with Gasteiger partial charge in [-0.05, 0) is 94.6 Å². The molecule has 0 N–H and O–H groups in total. The van der Waals surface area contributed by atoms with Gasteiger partial charge < -0.3 is 28.2 Å². The molecule has 2 saturated heterocycles. The van der Waals surface area contributed by atoms with Crippen molar-refractivity contribution in [1.82, 2.24) is 19.6 Å². The molecule has 2 aliphatic rings. The zero-order chi connectivity index (χ0) is 28.7. The predicted octanol–water partition coefficient (Wildman–Crippen LogP) is 6.06. The molecule has 6 rings (SSSR count). The summed E-state index contributed by atoms with van der Waals surface area (Å²) in [5.74, 6) is 8.97. The highest BCUT2D eigenvalue weighted by Gasteiger charge is 2.22. The van der Waals surface area contributed by atoms with Crippen LogP contribution in [-0.2, 0) is 16.0 Å². The Morgan fingerprint density at radius 3 is 2.43 bits per heavy atom. The Hall–Kier alpha value is -3.90. The van der Waals surface area contributed by atoms with E-state index in [0.717, 1.165) is 85.8 Å². The summed E-state index contributed by atoms with van der Waals surface area (Å²) in [6.07, 6.45) is 8.96. The third kappa shape index (κ3) is 7.29. The zero-order valence-corrected chi connectivity index (χ0v) is 24.4. The molecule has 2 aliphatic heterocycles. The highest BCUT2D eigenvalue weighted by molar-refractivity contribution is 5.59. The van der Waals surface area contributed by atoms with Gasteiger partial charge in [-0.15, -0.1) is 0 Å². The minimum atomic E-state index is -0.182. The summed E-state index contributed by atoms with van der Waals surface area (Å²) in [7, 11) is 2.16. The van der Waals surface area contributed by atoms with Gasteiger partial charge in [0.15, 0.2) is 12.1 Å². The molecule has 0 bridgehead atoms. The summed E-state index contributed by atoms with van der Waals surface area (Å²) < 4.78 is 25.7. The van der Waals surface area contributed by atoms with Crippen LogP contribution < -0.4 is 4.74 Å². The second kappa shape index (κ2) is 13.4. The van der Waals surface area contributed by atoms with Gasteiger partial charge in [0.2, 0.25) is 0 Å². The third-order valence-corrected chi connectivity index (χ3v) is 7.84. The van der Waals surface area contributed by atoms with Crippen molar-refractivity contribution in [2.24, 2.45) is 0 Å². The maximum absolute atomic E-state index is 6.15. The number of imidazole rings is 1. The first-order chi connectivity index (χ1) is 20.6. The van der Waals surface area contributed by atoms with Crippen molar-refractivity contribution in [1.29, 1.82) is 0 Å². The first-order valence-corrected chi connectivity index (χ1v) is 14.9. The van der Waals surface area contributed by atoms with E-state index in [9.17, 15) is 0 Å². The highest BCUT2D eigenvalue weighted by Crippen LogP contribution is 2.25. The Kier molecular flexibility index (Phi) is 9.00. The molecule has 0 saturated carbocycles. The molecule has 0 spiro atoms. The van der Waals surface area contributed by atoms with Crippen LogP contribution in [0, 0.1) is 11.8 Å². The maximum atomic E-state index is 6.15. The van der Waals surface area contributed by atoms with E-state index >= 15 is 0 Å². The molecule has 0 amide bonds. The molecule has 218 valence electrons. The zero-order valence-electron chi connectivity index (χ0n) is 24.4. The largest absolute Gasteiger partial charge is 0.490 e. The van der Waals surface area contributed by atoms with Crippen molar-refractivity contribution in [3.05, 3.63) is 89.6 Å². The minimum absolute atomic E-state index is 0.167. The second-order valence-electron chi connectivity index (χ2n) is 11.1. The molecular formula is C34H38N4O4. The van der Waals surface area contributed by atoms with Gasteiger partial charge in [0.05, 0.1) is 6.54 Å². The first kappa shape index (κ1) is 28.2. The Morgan fingerprint density at radius 1 is 0.976 bits per heavy atom. The molecular weight excluding hydrogens is 528 g/mol. The van der Waals surface area contributed by atoms with E-state index in [1.807, 2.05) is 72.3 Å². The molecule has 4 aromatic rings. The Balaban J connectivity index is 1.04. The Labute approximate surface area is 247 Å². The molecule has 1 unspecified atom stereocenters. The standard InChI is InChI=1S/C34H38N4O4/c1-25(40-33-5-3-4-22-39-33)34-35-18-21-38(34)24-29-23-32(42-36-29)28-12-8-26(9-13-28)6-7-27-10-14-30(15-11-27)41-31-16-19-37(2)20-17-31/h8-15,18,21,23,25,31,33H,3-5,16-17,19-20,22,24H2,1-2H3/t25-,33?/m0/s1. The van der Waals surface area contributed by atoms with Crippen LogP contribution >= 0.6 is 0 Å². The summed E-state index contributed by atoms with van der Waals surface area (Å²) in [4.78, 5) is 6.87. The lowest BCUT2D eigenvalue weighted by Gasteiger charge is -2.29. The molecule has 2 aromatic heterocycles. The number of piperidine rings is 1. The van der Waals surface area contributed by atoms with E-state index in [2.05, 4.69) is 33.9 Å². The fourth-order valence-electron chi connectivity index (χ4n) is 5.39. The SMILES string of the molecule is C[C@H](OC1CCCCO1)c1nccn1Cc1cc(-c2ccc(C#Cc3ccc(OC4CCN(C)CC4)cc3)cc2)on1. The quantitative estimate of drug-likeness (QED) is 0.240. The van der Waals surface area contributed by atoms with Gasteiger partial charge in [-0.25, -0.2) is 4.98 Å². The number of aromatic nitrogens is 3. The summed E-state index contributed by atoms with van der Waals surface area (Å²) in [6.45, 7) is 5.48. The monoisotopic (exact) mass is 566 g/mol. The lowest BCUT2D eigenvalue weighted by atomic mass is 10.1. The van der Waals surface area contributed by atoms with Crippen LogP contribution in [0.1, 0.15) is 67.8 Å². The highest BCUT2D eigenvalue weighted by atomic mass is 16.7. The number of benzene rings is 2. The summed E-state index contributed by atoms with van der Waals surface area (Å²) in [5, 5.41) is 4.30. The summed E-state index contributed by atoms with van der Waals surface area (Å²) >= 11 is 0. The van der Waals surface area contributed by atoms with Crippen LogP contribution in [-0.4, -0.2) is 58.7 Å². The van der Waals surface area contributed by atoms with Crippen LogP contribution in [0.3, 0.4) is 0 Å². The number of likely N-dealkylation sites (tertiary alicyclic amines) is 1. The van der Waals surface area contributed by atoms with Gasteiger partial charge in [0.25, 0.3) is 0 Å². The lowest BCUT2D eigenvalue weighted by Crippen LogP contribution is -2.35. The number of hydrogen-bond donors (Lipinski definition) is 0. The number of nitrogens with zero attached hydrogens (tertiary/aromatic N) is 4. The smallest absolute Gasteiger partial charge is 0.167 e. The van der Waals surface area contributed by atoms with Gasteiger partial charge in [-0.2, -0.15) is 0 Å². The maximum Gasteiger partial charge on any atom is 0.167 e. The van der Waals surface area contributed by atoms with E-state index in [4.69, 9.17) is 18.7 Å². The van der Waals surface area contributed by atoms with Crippen molar-refractivity contribution in [3.8, 4) is 28.9 Å². The summed E-state index contributed by atoms with van der Waals surface area (Å²) in [5.41, 5.74) is 3.66. The molecule has 0 aliphatic carbocycles. The molecule has 2 atom stereocenters. The third-order valence-electron chi connectivity index (χ3n) is 7.84. The average Bonchev–Trinajstić information content (AvgIpc) is 3.69.